The summed E-state index contributed by atoms with van der Waals surface area (Å²) in [6.07, 6.45) is 1.15. The highest BCUT2D eigenvalue weighted by atomic mass is 33.5. The van der Waals surface area contributed by atoms with Crippen LogP contribution >= 0.6 is 0 Å². The molecule has 55 heavy (non-hydrogen) atoms. The van der Waals surface area contributed by atoms with Crippen LogP contribution < -0.4 is 11.5 Å². The van der Waals surface area contributed by atoms with E-state index in [-0.39, 0.29) is 10.8 Å². The van der Waals surface area contributed by atoms with E-state index < -0.39 is 0 Å². The molecule has 2 nitrogen and oxygen atoms in total. The first-order valence-electron chi connectivity index (χ1n) is 12.2. The monoisotopic (exact) mass is 1470 g/mol. The first kappa shape index (κ1) is 60.4. The average molecular weight is 1470 g/mol. The molecule has 0 saturated heterocycles. The zero-order valence-corrected chi connectivity index (χ0v) is 58.7. The second-order valence-electron chi connectivity index (χ2n) is 8.89. The van der Waals surface area contributed by atoms with Gasteiger partial charge in [-0.05, 0) is 46.9 Å². The Morgan fingerprint density at radius 2 is 0.618 bits per heavy atom. The van der Waals surface area contributed by atoms with Crippen LogP contribution in [0.1, 0.15) is 50.8 Å². The summed E-state index contributed by atoms with van der Waals surface area (Å²) in [7, 11) is 65.6. The van der Waals surface area contributed by atoms with Crippen LogP contribution in [-0.4, -0.2) is 0 Å². The highest BCUT2D eigenvalue weighted by molar-refractivity contribution is 8.81. The number of hydrogen-bond acceptors (Lipinski definition) is 4. The normalized spacial score (nSPS) is 11.5. The summed E-state index contributed by atoms with van der Waals surface area (Å²) in [5.41, 5.74) is 17.9. The third kappa shape index (κ3) is 32.7. The van der Waals surface area contributed by atoms with Gasteiger partial charge in [0.1, 0.15) is 0 Å². The van der Waals surface area contributed by atoms with Gasteiger partial charge in [0.15, 0.2) is 0 Å². The van der Waals surface area contributed by atoms with Gasteiger partial charge in [0.25, 0.3) is 0 Å². The third-order valence-electron chi connectivity index (χ3n) is 4.95. The van der Waals surface area contributed by atoms with Crippen molar-refractivity contribution in [1.29, 1.82) is 0 Å². The van der Waals surface area contributed by atoms with Crippen LogP contribution in [0.3, 0.4) is 0 Å². The molecule has 2 rings (SSSR count). The van der Waals surface area contributed by atoms with Crippen molar-refractivity contribution >= 4 is 362 Å². The van der Waals surface area contributed by atoms with E-state index >= 15 is 0 Å². The van der Waals surface area contributed by atoms with Gasteiger partial charge in [-0.2, -0.15) is 0 Å². The number of benzene rings is 1. The summed E-state index contributed by atoms with van der Waals surface area (Å²) in [5, 5.41) is 0. The van der Waals surface area contributed by atoms with Crippen LogP contribution in [0.15, 0.2) is 6.07 Å². The van der Waals surface area contributed by atoms with Gasteiger partial charge >= 0.3 is 0 Å². The Morgan fingerprint density at radius 3 is 0.836 bits per heavy atom. The summed E-state index contributed by atoms with van der Waals surface area (Å²) in [6.45, 7) is 11.3. The van der Waals surface area contributed by atoms with Crippen LogP contribution in [0, 0.1) is 6.92 Å². The highest BCUT2D eigenvalue weighted by Crippen LogP contribution is 2.52. The van der Waals surface area contributed by atoms with Crippen LogP contribution in [0.2, 0.25) is 0 Å². The summed E-state index contributed by atoms with van der Waals surface area (Å²) in [4.78, 5) is 0. The molecular weight excluding hydrogens is 1450 g/mol. The first-order valence-corrected chi connectivity index (χ1v) is 62.9. The van der Waals surface area contributed by atoms with Gasteiger partial charge in [-0.3, -0.25) is 0 Å². The predicted octanol–water partition coefficient (Wildman–Crippen LogP) is 3.02. The van der Waals surface area contributed by atoms with Crippen molar-refractivity contribution in [2.45, 2.75) is 51.9 Å². The fourth-order valence-corrected chi connectivity index (χ4v) is 100. The molecule has 0 fully saturated rings. The van der Waals surface area contributed by atoms with E-state index in [1.54, 1.807) is 107 Å². The van der Waals surface area contributed by atoms with Crippen molar-refractivity contribution in [2.75, 3.05) is 11.5 Å². The maximum atomic E-state index is 6.04. The lowest BCUT2D eigenvalue weighted by atomic mass is 9.81. The predicted molar refractivity (Wildman–Crippen MR) is 358 cm³/mol. The summed E-state index contributed by atoms with van der Waals surface area (Å²) in [6, 6.07) is 2.08. The van der Waals surface area contributed by atoms with Crippen LogP contribution in [0.25, 0.3) is 0 Å². The fourth-order valence-electron chi connectivity index (χ4n) is 3.95. The Bertz CT molecular complexity index is 3150. The minimum Gasteiger partial charge on any atom is -0.397 e. The molecular formula is C14H22N2S39. The second kappa shape index (κ2) is 41.6. The number of fused-ring (bicyclic) bond motifs is 1. The maximum absolute atomic E-state index is 6.04. The molecule has 0 unspecified atom stereocenters. The minimum absolute atomic E-state index is 0.199. The lowest BCUT2D eigenvalue weighted by Gasteiger charge is -2.23. The van der Waals surface area contributed by atoms with E-state index in [9.17, 15) is 0 Å². The van der Waals surface area contributed by atoms with Crippen molar-refractivity contribution in [3.05, 3.63) is 22.8 Å². The SMILES string of the molecule is Cc1c(N)c(N)cc2c1C(C)(C)CC2(C)C.S=S=S=S=S=S=S=S=S=S=S=S=S=S=S=S=S=S=S=S=S=S=S=S=S=S=S=S=S=S=S=S=S=S=S=S=S=S=S. The topological polar surface area (TPSA) is 52.0 Å². The molecule has 1 aliphatic rings. The zero-order valence-electron chi connectivity index (χ0n) is 26.9. The van der Waals surface area contributed by atoms with E-state index in [2.05, 4.69) is 40.7 Å². The number of anilines is 2. The first-order chi connectivity index (χ1) is 26.6. The molecule has 1 aromatic rings. The van der Waals surface area contributed by atoms with Crippen LogP contribution in [-0.2, 0) is 362 Å². The molecule has 0 radical (unpaired) electrons. The average Bonchev–Trinajstić information content (AvgIpc) is 3.34. The van der Waals surface area contributed by atoms with Gasteiger partial charge in [0, 0.05) is 351 Å². The number of rotatable bonds is 0. The van der Waals surface area contributed by atoms with E-state index in [1.165, 1.54) is 34.5 Å². The molecule has 0 amide bonds. The molecule has 1 aliphatic carbocycles. The van der Waals surface area contributed by atoms with E-state index in [0.717, 1.165) is 17.8 Å². The summed E-state index contributed by atoms with van der Waals surface area (Å²) < 4.78 is 0. The Kier molecular flexibility index (Phi) is 45.7. The fraction of sp³-hybridized carbons (Fsp3) is 0.571. The van der Waals surface area contributed by atoms with Gasteiger partial charge < -0.3 is 11.5 Å². The highest BCUT2D eigenvalue weighted by Gasteiger charge is 2.43. The van der Waals surface area contributed by atoms with Crippen LogP contribution in [0.4, 0.5) is 11.4 Å². The summed E-state index contributed by atoms with van der Waals surface area (Å²) in [5.74, 6) is 0. The number of nitrogens with two attached hydrogens (primary N) is 2. The molecule has 1 aromatic carbocycles. The maximum Gasteiger partial charge on any atom is 0.0580 e. The second-order valence-corrected chi connectivity index (χ2v) is 74.3. The molecule has 0 saturated carbocycles. The minimum atomic E-state index is 0.199. The molecule has 41 heteroatoms. The smallest absolute Gasteiger partial charge is 0.0580 e. The van der Waals surface area contributed by atoms with E-state index in [4.69, 9.17) is 33.8 Å². The van der Waals surface area contributed by atoms with Gasteiger partial charge in [0.2, 0.25) is 0 Å². The Labute approximate surface area is 437 Å². The van der Waals surface area contributed by atoms with Crippen molar-refractivity contribution < 1.29 is 0 Å². The molecule has 0 atom stereocenters. The lowest BCUT2D eigenvalue weighted by Crippen LogP contribution is -2.18. The van der Waals surface area contributed by atoms with Gasteiger partial charge in [0.05, 0.1) is 11.4 Å². The standard InChI is InChI=1S/C14H22N2.S39/c1-8-11-9(6-10(15)12(8)16)13(2,3)7-14(11,4)5;1-3-5-7-9-11-13-15-17-19-21-23-25-27-29-31-33-35-37-39-38-36-34-32-30-28-26-24-22-20-18-16-14-12-10-8-6-4-2/h6H,7,15-16H2,1-5H3;. The lowest BCUT2D eigenvalue weighted by molar-refractivity contribution is 0.402. The zero-order chi connectivity index (χ0) is 40.5. The summed E-state index contributed by atoms with van der Waals surface area (Å²) >= 11 is 9.60. The Balaban J connectivity index is 0.000000773. The molecule has 0 heterocycles. The molecule has 0 spiro atoms. The number of hydrogen-bond donors (Lipinski definition) is 2. The van der Waals surface area contributed by atoms with Gasteiger partial charge in [-0.1, -0.05) is 27.7 Å². The van der Waals surface area contributed by atoms with Crippen molar-refractivity contribution in [3.63, 3.8) is 0 Å². The van der Waals surface area contributed by atoms with Crippen LogP contribution in [0.5, 0.6) is 0 Å². The quantitative estimate of drug-likeness (QED) is 0.393. The molecule has 0 aromatic heterocycles. The molecule has 322 valence electrons. The van der Waals surface area contributed by atoms with Crippen molar-refractivity contribution in [1.82, 2.24) is 0 Å². The largest absolute Gasteiger partial charge is 0.397 e. The Morgan fingerprint density at radius 1 is 0.400 bits per heavy atom. The molecule has 4 N–H and O–H groups in total. The van der Waals surface area contributed by atoms with Gasteiger partial charge in [-0.25, -0.2) is 0 Å². The molecule has 0 aliphatic heterocycles. The van der Waals surface area contributed by atoms with Crippen molar-refractivity contribution in [3.8, 4) is 0 Å². The molecule has 0 bridgehead atoms. The van der Waals surface area contributed by atoms with Crippen molar-refractivity contribution in [2.24, 2.45) is 0 Å². The third-order valence-corrected chi connectivity index (χ3v) is 84.9. The Hall–Kier alpha value is 7.40. The van der Waals surface area contributed by atoms with Gasteiger partial charge in [-0.15, -0.1) is 0 Å². The van der Waals surface area contributed by atoms with E-state index in [0.29, 0.717) is 0 Å². The number of nitrogen functional groups attached to an aromatic ring is 2. The van der Waals surface area contributed by atoms with E-state index in [1.807, 2.05) is 204 Å².